The maximum Gasteiger partial charge on any atom is 0.407 e. The van der Waals surface area contributed by atoms with Gasteiger partial charge >= 0.3 is 12.1 Å². The molecule has 2 aliphatic rings. The molecule has 2 atom stereocenters. The molecule has 1 heterocycles. The number of phenolic OH excluding ortho intramolecular Hbond substituents is 2. The Hall–Kier alpha value is -5.39. The summed E-state index contributed by atoms with van der Waals surface area (Å²) in [4.78, 5) is 31.6. The molecule has 0 aromatic heterocycles. The average molecular weight is 567 g/mol. The molecule has 1 amide bonds. The molecular weight excluding hydrogens is 540 g/mol. The molecule has 1 aliphatic heterocycles. The number of hydrogen-bond donors (Lipinski definition) is 4. The van der Waals surface area contributed by atoms with E-state index in [1.54, 1.807) is 24.3 Å². The molecule has 0 saturated heterocycles. The molecule has 4 N–H and O–H groups in total. The van der Waals surface area contributed by atoms with Crippen molar-refractivity contribution in [3.05, 3.63) is 118 Å². The SMILES string of the molecule is O=C(N[C@@H](Cc1ccc(O)c(O)c1)C(=O)ON1N=Cc2ccccc2[NH+]1[O-])OCC1c2ccccc2-c2ccccc21. The van der Waals surface area contributed by atoms with Gasteiger partial charge in [-0.05, 0) is 46.0 Å². The first-order valence-corrected chi connectivity index (χ1v) is 13.2. The molecule has 11 heteroatoms. The second-order valence-electron chi connectivity index (χ2n) is 9.87. The summed E-state index contributed by atoms with van der Waals surface area (Å²) in [6.45, 7) is 0.0211. The lowest BCUT2D eigenvalue weighted by Gasteiger charge is -2.31. The summed E-state index contributed by atoms with van der Waals surface area (Å²) < 4.78 is 5.60. The number of carbonyl (C=O) groups excluding carboxylic acids is 2. The van der Waals surface area contributed by atoms with Gasteiger partial charge in [-0.25, -0.2) is 9.59 Å². The van der Waals surface area contributed by atoms with E-state index in [2.05, 4.69) is 10.4 Å². The number of amides is 1. The first-order valence-electron chi connectivity index (χ1n) is 13.2. The van der Waals surface area contributed by atoms with Crippen molar-refractivity contribution in [1.29, 1.82) is 0 Å². The van der Waals surface area contributed by atoms with Gasteiger partial charge in [0.15, 0.2) is 17.2 Å². The number of fused-ring (bicyclic) bond motifs is 4. The fraction of sp³-hybridized carbons (Fsp3) is 0.129. The van der Waals surface area contributed by atoms with Crippen LogP contribution in [0.4, 0.5) is 10.5 Å². The molecule has 0 fully saturated rings. The van der Waals surface area contributed by atoms with E-state index < -0.39 is 29.0 Å². The zero-order chi connectivity index (χ0) is 29.2. The highest BCUT2D eigenvalue weighted by atomic mass is 16.8. The Morgan fingerprint density at radius 1 is 0.929 bits per heavy atom. The minimum Gasteiger partial charge on any atom is -0.599 e. The summed E-state index contributed by atoms with van der Waals surface area (Å²) in [6, 6.07) is 25.2. The molecule has 212 valence electrons. The second kappa shape index (κ2) is 11.2. The van der Waals surface area contributed by atoms with Gasteiger partial charge < -0.3 is 25.5 Å². The van der Waals surface area contributed by atoms with Crippen LogP contribution in [0.1, 0.15) is 28.2 Å². The lowest BCUT2D eigenvalue weighted by atomic mass is 9.98. The predicted molar refractivity (Wildman–Crippen MR) is 151 cm³/mol. The summed E-state index contributed by atoms with van der Waals surface area (Å²) in [7, 11) is 0. The monoisotopic (exact) mass is 566 g/mol. The zero-order valence-electron chi connectivity index (χ0n) is 22.1. The zero-order valence-corrected chi connectivity index (χ0v) is 22.1. The third kappa shape index (κ3) is 5.21. The highest BCUT2D eigenvalue weighted by molar-refractivity contribution is 5.86. The predicted octanol–water partition coefficient (Wildman–Crippen LogP) is 3.28. The number of quaternary nitrogens is 1. The van der Waals surface area contributed by atoms with Gasteiger partial charge in [0.1, 0.15) is 12.6 Å². The van der Waals surface area contributed by atoms with Crippen LogP contribution in [-0.2, 0) is 20.8 Å². The Morgan fingerprint density at radius 3 is 2.31 bits per heavy atom. The van der Waals surface area contributed by atoms with Crippen LogP contribution in [0.25, 0.3) is 11.1 Å². The summed E-state index contributed by atoms with van der Waals surface area (Å²) in [5.74, 6) is -1.91. The summed E-state index contributed by atoms with van der Waals surface area (Å²) in [5.41, 5.74) is 5.48. The lowest BCUT2D eigenvalue weighted by Crippen LogP contribution is -3.09. The van der Waals surface area contributed by atoms with E-state index in [0.29, 0.717) is 22.1 Å². The molecular formula is C31H26N4O7. The molecule has 0 bridgehead atoms. The highest BCUT2D eigenvalue weighted by Crippen LogP contribution is 2.44. The van der Waals surface area contributed by atoms with Gasteiger partial charge in [0.25, 0.3) is 0 Å². The number of rotatable bonds is 7. The molecule has 0 saturated carbocycles. The quantitative estimate of drug-likeness (QED) is 0.197. The number of aromatic hydroxyl groups is 2. The van der Waals surface area contributed by atoms with Crippen LogP contribution in [0, 0.1) is 5.21 Å². The molecule has 1 unspecified atom stereocenters. The minimum atomic E-state index is -1.33. The molecule has 4 aromatic carbocycles. The molecule has 42 heavy (non-hydrogen) atoms. The van der Waals surface area contributed by atoms with E-state index in [0.717, 1.165) is 22.3 Å². The fourth-order valence-corrected chi connectivity index (χ4v) is 5.20. The minimum absolute atomic E-state index is 0.0211. The number of phenols is 2. The number of ether oxygens (including phenoxy) is 1. The van der Waals surface area contributed by atoms with Crippen molar-refractivity contribution in [3.63, 3.8) is 0 Å². The number of benzene rings is 4. The number of nitrogens with one attached hydrogen (secondary N) is 2. The maximum atomic E-state index is 13.3. The van der Waals surface area contributed by atoms with Gasteiger partial charge in [-0.15, -0.1) is 0 Å². The normalized spacial score (nSPS) is 15.7. The molecule has 6 rings (SSSR count). The average Bonchev–Trinajstić information content (AvgIpc) is 3.32. The summed E-state index contributed by atoms with van der Waals surface area (Å²) >= 11 is 0. The molecule has 4 aromatic rings. The Labute approximate surface area is 240 Å². The third-order valence-electron chi connectivity index (χ3n) is 7.24. The number of carbonyl (C=O) groups is 2. The second-order valence-corrected chi connectivity index (χ2v) is 9.87. The Morgan fingerprint density at radius 2 is 1.60 bits per heavy atom. The largest absolute Gasteiger partial charge is 0.599 e. The lowest BCUT2D eigenvalue weighted by molar-refractivity contribution is -0.957. The summed E-state index contributed by atoms with van der Waals surface area (Å²) in [5, 5.41) is 38.8. The van der Waals surface area contributed by atoms with Crippen molar-refractivity contribution < 1.29 is 34.5 Å². The number of nitrogens with zero attached hydrogens (tertiary/aromatic N) is 2. The van der Waals surface area contributed by atoms with Crippen LogP contribution in [-0.4, -0.2) is 46.4 Å². The molecule has 11 nitrogen and oxygen atoms in total. The van der Waals surface area contributed by atoms with Crippen LogP contribution in [0.2, 0.25) is 0 Å². The van der Waals surface area contributed by atoms with E-state index >= 15 is 0 Å². The van der Waals surface area contributed by atoms with Crippen molar-refractivity contribution in [3.8, 4) is 22.6 Å². The Balaban J connectivity index is 1.18. The molecule has 0 radical (unpaired) electrons. The van der Waals surface area contributed by atoms with Crippen LogP contribution in [0.15, 0.2) is 96.1 Å². The van der Waals surface area contributed by atoms with Crippen molar-refractivity contribution >= 4 is 24.0 Å². The van der Waals surface area contributed by atoms with E-state index in [1.165, 1.54) is 24.4 Å². The third-order valence-corrected chi connectivity index (χ3v) is 7.24. The van der Waals surface area contributed by atoms with Crippen LogP contribution < -0.4 is 10.5 Å². The van der Waals surface area contributed by atoms with Crippen LogP contribution >= 0.6 is 0 Å². The van der Waals surface area contributed by atoms with Crippen molar-refractivity contribution in [2.24, 2.45) is 5.10 Å². The van der Waals surface area contributed by atoms with Crippen molar-refractivity contribution in [2.45, 2.75) is 18.4 Å². The smallest absolute Gasteiger partial charge is 0.407 e. The van der Waals surface area contributed by atoms with E-state index in [-0.39, 0.29) is 24.7 Å². The van der Waals surface area contributed by atoms with Gasteiger partial charge in [-0.3, -0.25) is 4.84 Å². The van der Waals surface area contributed by atoms with Gasteiger partial charge in [0.2, 0.25) is 0 Å². The van der Waals surface area contributed by atoms with Gasteiger partial charge in [-0.1, -0.05) is 71.8 Å². The van der Waals surface area contributed by atoms with Crippen molar-refractivity contribution in [1.82, 2.24) is 10.6 Å². The highest BCUT2D eigenvalue weighted by Gasteiger charge is 2.32. The fourth-order valence-electron chi connectivity index (χ4n) is 5.20. The van der Waals surface area contributed by atoms with Gasteiger partial charge in [0, 0.05) is 18.4 Å². The topological polar surface area (TPSA) is 148 Å². The first-order chi connectivity index (χ1) is 20.4. The van der Waals surface area contributed by atoms with Crippen LogP contribution in [0.5, 0.6) is 11.5 Å². The van der Waals surface area contributed by atoms with Gasteiger partial charge in [0.05, 0.1) is 17.1 Å². The first kappa shape index (κ1) is 26.8. The van der Waals surface area contributed by atoms with Crippen LogP contribution in [0.3, 0.4) is 0 Å². The van der Waals surface area contributed by atoms with Gasteiger partial charge in [-0.2, -0.15) is 5.17 Å². The molecule has 1 aliphatic carbocycles. The molecule has 0 spiro atoms. The van der Waals surface area contributed by atoms with E-state index in [4.69, 9.17) is 9.57 Å². The van der Waals surface area contributed by atoms with Crippen molar-refractivity contribution in [2.75, 3.05) is 6.61 Å². The number of hydrazone groups is 1. The summed E-state index contributed by atoms with van der Waals surface area (Å²) in [6.07, 6.45) is 0.371. The standard InChI is InChI=1S/C31H26N4O7/c36-28-14-13-19(16-29(28)37)15-26(30(38)42-35-32-17-20-7-1-6-12-27(20)34(35)40)33-31(39)41-18-25-23-10-4-2-8-21(23)22-9-3-5-11-24(22)25/h1-14,16-17,25-26,34,36-37H,15,18H2,(H,33,39)/t26-/m0/s1. The van der Waals surface area contributed by atoms with E-state index in [1.807, 2.05) is 48.5 Å². The number of hydrogen-bond acceptors (Lipinski definition) is 9. The van der Waals surface area contributed by atoms with E-state index in [9.17, 15) is 25.0 Å². The number of alkyl carbamates (subject to hydrolysis) is 1. The maximum absolute atomic E-state index is 13.3. The Bertz CT molecular complexity index is 1650. The Kier molecular flexibility index (Phi) is 7.17.